The molecule has 1 aromatic heterocycles. The van der Waals surface area contributed by atoms with Crippen LogP contribution >= 0.6 is 23.0 Å². The lowest BCUT2D eigenvalue weighted by molar-refractivity contribution is -0.0268. The Kier molecular flexibility index (Phi) is 9.05. The molecule has 214 valence electrons. The monoisotopic (exact) mass is 617 g/mol. The normalized spacial score (nSPS) is 24.1. The van der Waals surface area contributed by atoms with Gasteiger partial charge in [0.05, 0.1) is 18.8 Å². The molecule has 4 N–H and O–H groups in total. The summed E-state index contributed by atoms with van der Waals surface area (Å²) in [7, 11) is -19.0. The number of para-hydroxylation sites is 1. The van der Waals surface area contributed by atoms with Crippen LogP contribution in [-0.2, 0) is 27.3 Å². The number of H-pyrrole nitrogens is 1. The first-order valence-electron chi connectivity index (χ1n) is 10.5. The Morgan fingerprint density at radius 3 is 2.46 bits per heavy atom. The highest BCUT2D eigenvalue weighted by Crippen LogP contribution is 2.78. The topological polar surface area (TPSA) is 252 Å². The first kappa shape index (κ1) is 30.9. The van der Waals surface area contributed by atoms with Crippen LogP contribution in [0.15, 0.2) is 51.2 Å². The van der Waals surface area contributed by atoms with Gasteiger partial charge in [0.2, 0.25) is 0 Å². The van der Waals surface area contributed by atoms with Crippen LogP contribution in [-0.4, -0.2) is 48.4 Å². The average Bonchev–Trinajstić information content (AvgIpc) is 3.22. The Labute approximate surface area is 216 Å². The number of azide groups is 1. The summed E-state index contributed by atoms with van der Waals surface area (Å²) in [5.41, 5.74) is 7.33. The predicted molar refractivity (Wildman–Crippen MR) is 126 cm³/mol. The second-order valence-corrected chi connectivity index (χ2v) is 13.5. The highest BCUT2D eigenvalue weighted by Gasteiger charge is 2.69. The van der Waals surface area contributed by atoms with Gasteiger partial charge in [-0.25, -0.2) is 18.2 Å². The van der Waals surface area contributed by atoms with Crippen LogP contribution in [0.5, 0.6) is 5.75 Å². The van der Waals surface area contributed by atoms with E-state index in [-0.39, 0.29) is 12.0 Å². The van der Waals surface area contributed by atoms with Crippen molar-refractivity contribution in [2.75, 3.05) is 6.61 Å². The second-order valence-electron chi connectivity index (χ2n) is 7.92. The van der Waals surface area contributed by atoms with Crippen molar-refractivity contribution in [3.63, 3.8) is 0 Å². The number of nitrogens with zero attached hydrogens (tertiary/aromatic N) is 4. The quantitative estimate of drug-likeness (QED) is 0.123. The van der Waals surface area contributed by atoms with Crippen LogP contribution in [0.3, 0.4) is 0 Å². The summed E-state index contributed by atoms with van der Waals surface area (Å²) in [4.78, 5) is 57.5. The van der Waals surface area contributed by atoms with Crippen molar-refractivity contribution in [3.05, 3.63) is 73.4 Å². The molecular weight excluding hydrogens is 597 g/mol. The van der Waals surface area contributed by atoms with Gasteiger partial charge in [-0.15, -0.1) is 0 Å². The van der Waals surface area contributed by atoms with Gasteiger partial charge in [-0.1, -0.05) is 23.3 Å². The Balaban J connectivity index is 1.74. The molecule has 0 amide bonds. The number of ether oxygens (including phenoxy) is 1. The summed E-state index contributed by atoms with van der Waals surface area (Å²) in [6, 6.07) is 4.70. The molecule has 39 heavy (non-hydrogen) atoms. The molecular formula is C17H20F2N5O12P3. The fraction of sp³-hybridized carbons (Fsp3) is 0.412. The van der Waals surface area contributed by atoms with Gasteiger partial charge >= 0.3 is 34.1 Å². The Hall–Kier alpha value is -2.68. The third kappa shape index (κ3) is 6.91. The zero-order chi connectivity index (χ0) is 29.2. The van der Waals surface area contributed by atoms with E-state index in [0.29, 0.717) is 0 Å². The minimum Gasteiger partial charge on any atom is -0.420 e. The maximum atomic E-state index is 14.5. The molecule has 17 nitrogen and oxygen atoms in total. The van der Waals surface area contributed by atoms with Crippen LogP contribution in [0.2, 0.25) is 0 Å². The van der Waals surface area contributed by atoms with E-state index >= 15 is 0 Å². The first-order valence-corrected chi connectivity index (χ1v) is 15.1. The molecule has 1 fully saturated rings. The molecule has 1 aromatic carbocycles. The molecule has 0 spiro atoms. The van der Waals surface area contributed by atoms with Crippen LogP contribution in [0, 0.1) is 6.92 Å². The number of rotatable bonds is 11. The van der Waals surface area contributed by atoms with Gasteiger partial charge in [0.15, 0.2) is 0 Å². The Morgan fingerprint density at radius 2 is 1.85 bits per heavy atom. The summed E-state index contributed by atoms with van der Waals surface area (Å²) < 4.78 is 84.4. The van der Waals surface area contributed by atoms with Crippen LogP contribution < -0.4 is 15.8 Å². The van der Waals surface area contributed by atoms with Crippen LogP contribution in [0.1, 0.15) is 18.2 Å². The standard InChI is InChI=1S/C17H20F2N5O12P3/c1-10-8-24(16(26)21-15(10)25)14-7-12(22-23-20)13(34-14)9-33-39(31,32)36-38(29,30)17(18,19)37(27,28)35-11-5-3-2-4-6-11/h2-6,8,12-14H,7,9H2,1H3,(H,27,28)(H,29,30)(H,31,32)(H,21,25,26)/t12?,13-,14-/m0/s1. The van der Waals surface area contributed by atoms with Crippen LogP contribution in [0.4, 0.5) is 8.78 Å². The third-order valence-electron chi connectivity index (χ3n) is 5.13. The van der Waals surface area contributed by atoms with Crippen LogP contribution in [0.25, 0.3) is 10.4 Å². The predicted octanol–water partition coefficient (Wildman–Crippen LogP) is 2.95. The SMILES string of the molecule is Cc1cn([C@@H]2CC(N=[N+]=[N-])[C@H](COP(=O)(O)OP(=O)(O)C(F)(F)P(=O)(O)Oc3ccccc3)O2)c(=O)[nH]c1=O. The molecule has 2 aromatic rings. The van der Waals surface area contributed by atoms with Crippen molar-refractivity contribution in [1.82, 2.24) is 9.55 Å². The van der Waals surface area contributed by atoms with E-state index in [1.165, 1.54) is 25.1 Å². The largest absolute Gasteiger partial charge is 0.479 e. The lowest BCUT2D eigenvalue weighted by Crippen LogP contribution is -2.33. The molecule has 1 aliphatic heterocycles. The Bertz CT molecular complexity index is 1530. The van der Waals surface area contributed by atoms with E-state index in [9.17, 15) is 46.7 Å². The van der Waals surface area contributed by atoms with E-state index in [4.69, 9.17) is 10.3 Å². The summed E-state index contributed by atoms with van der Waals surface area (Å²) in [6.07, 6.45) is -1.67. The fourth-order valence-corrected chi connectivity index (χ4v) is 7.52. The van der Waals surface area contributed by atoms with Crippen molar-refractivity contribution in [2.45, 2.75) is 37.1 Å². The number of aryl methyl sites for hydroxylation is 1. The van der Waals surface area contributed by atoms with Crippen molar-refractivity contribution in [2.24, 2.45) is 5.11 Å². The summed E-state index contributed by atoms with van der Waals surface area (Å²) >= 11 is 0. The molecule has 22 heteroatoms. The third-order valence-corrected chi connectivity index (χ3v) is 10.6. The molecule has 4 unspecified atom stereocenters. The van der Waals surface area contributed by atoms with Crippen molar-refractivity contribution >= 4 is 23.0 Å². The molecule has 0 aliphatic carbocycles. The molecule has 2 heterocycles. The number of benzene rings is 1. The van der Waals surface area contributed by atoms with E-state index in [1.54, 1.807) is 0 Å². The van der Waals surface area contributed by atoms with Gasteiger partial charge in [0.1, 0.15) is 12.0 Å². The van der Waals surface area contributed by atoms with E-state index < -0.39 is 70.4 Å². The van der Waals surface area contributed by atoms with Gasteiger partial charge in [0, 0.05) is 23.1 Å². The minimum absolute atomic E-state index is 0.114. The van der Waals surface area contributed by atoms with E-state index in [2.05, 4.69) is 23.4 Å². The van der Waals surface area contributed by atoms with Gasteiger partial charge in [-0.3, -0.25) is 23.4 Å². The molecule has 3 rings (SSSR count). The molecule has 0 bridgehead atoms. The van der Waals surface area contributed by atoms with Crippen molar-refractivity contribution in [1.29, 1.82) is 0 Å². The zero-order valence-corrected chi connectivity index (χ0v) is 22.2. The fourth-order valence-electron chi connectivity index (χ4n) is 3.24. The lowest BCUT2D eigenvalue weighted by atomic mass is 10.1. The maximum absolute atomic E-state index is 14.5. The van der Waals surface area contributed by atoms with Gasteiger partial charge in [0.25, 0.3) is 5.56 Å². The van der Waals surface area contributed by atoms with E-state index in [0.717, 1.165) is 22.9 Å². The first-order chi connectivity index (χ1) is 18.0. The highest BCUT2D eigenvalue weighted by molar-refractivity contribution is 7.76. The summed E-state index contributed by atoms with van der Waals surface area (Å²) in [6.45, 7) is 0.321. The number of aromatic nitrogens is 2. The number of aromatic amines is 1. The minimum atomic E-state index is -6.75. The number of nitrogens with one attached hydrogen (secondary N) is 1. The second kappa shape index (κ2) is 11.4. The number of halogens is 2. The van der Waals surface area contributed by atoms with Crippen molar-refractivity contribution < 1.29 is 55.3 Å². The Morgan fingerprint density at radius 1 is 1.21 bits per heavy atom. The molecule has 1 saturated heterocycles. The van der Waals surface area contributed by atoms with Gasteiger partial charge in [-0.05, 0) is 24.6 Å². The number of hydrogen-bond acceptors (Lipinski definition) is 10. The number of hydrogen-bond donors (Lipinski definition) is 4. The summed E-state index contributed by atoms with van der Waals surface area (Å²) in [5, 5.41) is -2.19. The number of phosphoric acid groups is 1. The molecule has 0 radical (unpaired) electrons. The molecule has 6 atom stereocenters. The number of alkyl halides is 2. The van der Waals surface area contributed by atoms with Crippen molar-refractivity contribution in [3.8, 4) is 5.75 Å². The molecule has 1 aliphatic rings. The average molecular weight is 617 g/mol. The lowest BCUT2D eigenvalue weighted by Gasteiger charge is -2.26. The zero-order valence-electron chi connectivity index (χ0n) is 19.5. The van der Waals surface area contributed by atoms with E-state index in [1.807, 2.05) is 4.98 Å². The van der Waals surface area contributed by atoms with Gasteiger partial charge in [-0.2, -0.15) is 8.78 Å². The highest BCUT2D eigenvalue weighted by atomic mass is 31.3. The summed E-state index contributed by atoms with van der Waals surface area (Å²) in [5.74, 6) is -0.583. The number of phosphoric ester groups is 1. The molecule has 0 saturated carbocycles. The maximum Gasteiger partial charge on any atom is 0.479 e. The van der Waals surface area contributed by atoms with Gasteiger partial charge < -0.3 is 23.9 Å². The smallest absolute Gasteiger partial charge is 0.420 e.